The number of hydrogen-bond acceptors (Lipinski definition) is 5. The van der Waals surface area contributed by atoms with Crippen molar-refractivity contribution in [2.45, 2.75) is 68.4 Å². The van der Waals surface area contributed by atoms with Crippen molar-refractivity contribution in [3.63, 3.8) is 0 Å². The lowest BCUT2D eigenvalue weighted by molar-refractivity contribution is -0.0191. The minimum absolute atomic E-state index is 0.130. The fourth-order valence-corrected chi connectivity index (χ4v) is 7.47. The van der Waals surface area contributed by atoms with Crippen LogP contribution in [0.1, 0.15) is 72.3 Å². The molecule has 5 aliphatic carbocycles. The maximum Gasteiger partial charge on any atom is 0.277 e. The van der Waals surface area contributed by atoms with Gasteiger partial charge in [-0.2, -0.15) is 0 Å². The van der Waals surface area contributed by atoms with E-state index in [0.717, 1.165) is 42.0 Å². The van der Waals surface area contributed by atoms with Crippen LogP contribution in [0.4, 0.5) is 0 Å². The summed E-state index contributed by atoms with van der Waals surface area (Å²) in [6.07, 6.45) is 11.3. The van der Waals surface area contributed by atoms with Crippen molar-refractivity contribution >= 4 is 17.5 Å². The molecule has 0 unspecified atom stereocenters. The minimum atomic E-state index is 0.130. The molecule has 4 nitrogen and oxygen atoms in total. The van der Waals surface area contributed by atoms with E-state index >= 15 is 0 Å². The van der Waals surface area contributed by atoms with Gasteiger partial charge in [-0.05, 0) is 92.7 Å². The zero-order valence-corrected chi connectivity index (χ0v) is 17.0. The smallest absolute Gasteiger partial charge is 0.277 e. The first-order chi connectivity index (χ1) is 13.7. The monoisotopic (exact) mass is 394 g/mol. The number of fused-ring (bicyclic) bond motifs is 1. The zero-order chi connectivity index (χ0) is 18.7. The van der Waals surface area contributed by atoms with Crippen LogP contribution < -0.4 is 0 Å². The van der Waals surface area contributed by atoms with Crippen LogP contribution in [0.25, 0.3) is 0 Å². The Bertz CT molecular complexity index is 899. The molecule has 0 saturated heterocycles. The quantitative estimate of drug-likeness (QED) is 0.527. The highest BCUT2D eigenvalue weighted by molar-refractivity contribution is 7.99. The number of nitrogens with zero attached hydrogens (tertiary/aromatic N) is 2. The van der Waals surface area contributed by atoms with Crippen molar-refractivity contribution in [3.05, 3.63) is 40.8 Å². The minimum Gasteiger partial charge on any atom is -0.415 e. The lowest BCUT2D eigenvalue weighted by atomic mass is 9.49. The SMILES string of the molecule is O=C(CSc1nnc(C23CC4CC(CC(C4)C2)C3)o1)c1ccc2c(c1)CCC2. The number of rotatable bonds is 5. The summed E-state index contributed by atoms with van der Waals surface area (Å²) in [6.45, 7) is 0. The van der Waals surface area contributed by atoms with Crippen LogP contribution in [0.3, 0.4) is 0 Å². The van der Waals surface area contributed by atoms with E-state index in [1.807, 2.05) is 6.07 Å². The maximum absolute atomic E-state index is 12.6. The Kier molecular flexibility index (Phi) is 3.97. The summed E-state index contributed by atoms with van der Waals surface area (Å²) < 4.78 is 6.12. The molecule has 0 radical (unpaired) electrons. The molecule has 1 heterocycles. The number of hydrogen-bond donors (Lipinski definition) is 0. The summed E-state index contributed by atoms with van der Waals surface area (Å²) in [5.74, 6) is 3.93. The highest BCUT2D eigenvalue weighted by atomic mass is 32.2. The summed E-state index contributed by atoms with van der Waals surface area (Å²) >= 11 is 1.39. The predicted molar refractivity (Wildman–Crippen MR) is 108 cm³/mol. The average molecular weight is 395 g/mol. The Morgan fingerprint density at radius 3 is 2.50 bits per heavy atom. The van der Waals surface area contributed by atoms with Gasteiger partial charge in [-0.3, -0.25) is 4.79 Å². The normalized spacial score (nSPS) is 32.6. The third-order valence-electron chi connectivity index (χ3n) is 7.65. The molecule has 1 aromatic heterocycles. The van der Waals surface area contributed by atoms with Crippen LogP contribution in [-0.2, 0) is 18.3 Å². The lowest BCUT2D eigenvalue weighted by Gasteiger charge is -2.55. The van der Waals surface area contributed by atoms with Gasteiger partial charge in [0.2, 0.25) is 5.89 Å². The van der Waals surface area contributed by atoms with E-state index < -0.39 is 0 Å². The number of Topliss-reactive ketones (excluding diaryl/α,β-unsaturated/α-hetero) is 1. The third kappa shape index (κ3) is 2.85. The molecule has 4 fully saturated rings. The molecule has 1 aromatic carbocycles. The van der Waals surface area contributed by atoms with Gasteiger partial charge < -0.3 is 4.42 Å². The molecule has 4 bridgehead atoms. The highest BCUT2D eigenvalue weighted by Gasteiger charge is 2.54. The summed E-state index contributed by atoms with van der Waals surface area (Å²) in [4.78, 5) is 12.6. The summed E-state index contributed by atoms with van der Waals surface area (Å²) in [5, 5.41) is 9.30. The molecule has 7 rings (SSSR count). The third-order valence-corrected chi connectivity index (χ3v) is 8.46. The summed E-state index contributed by atoms with van der Waals surface area (Å²) in [7, 11) is 0. The Morgan fingerprint density at radius 2 is 1.75 bits per heavy atom. The van der Waals surface area contributed by atoms with Gasteiger partial charge in [0.1, 0.15) is 0 Å². The van der Waals surface area contributed by atoms with E-state index in [9.17, 15) is 4.79 Å². The molecule has 28 heavy (non-hydrogen) atoms. The summed E-state index contributed by atoms with van der Waals surface area (Å²) in [5.41, 5.74) is 3.69. The molecule has 4 saturated carbocycles. The van der Waals surface area contributed by atoms with Crippen molar-refractivity contribution < 1.29 is 9.21 Å². The number of ketones is 1. The van der Waals surface area contributed by atoms with Crippen LogP contribution >= 0.6 is 11.8 Å². The molecule has 0 amide bonds. The second-order valence-corrected chi connectivity index (χ2v) is 10.5. The molecule has 2 aromatic rings. The number of thioether (sulfide) groups is 1. The Morgan fingerprint density at radius 1 is 1.04 bits per heavy atom. The number of aromatic nitrogens is 2. The van der Waals surface area contributed by atoms with Crippen LogP contribution in [0.5, 0.6) is 0 Å². The van der Waals surface area contributed by atoms with E-state index in [4.69, 9.17) is 4.42 Å². The van der Waals surface area contributed by atoms with E-state index in [-0.39, 0.29) is 11.2 Å². The van der Waals surface area contributed by atoms with Crippen LogP contribution in [0.2, 0.25) is 0 Å². The van der Waals surface area contributed by atoms with E-state index in [0.29, 0.717) is 11.0 Å². The zero-order valence-electron chi connectivity index (χ0n) is 16.2. The van der Waals surface area contributed by atoms with Gasteiger partial charge in [-0.1, -0.05) is 23.9 Å². The Labute approximate surface area is 169 Å². The Hall–Kier alpha value is -1.62. The maximum atomic E-state index is 12.6. The lowest BCUT2D eigenvalue weighted by Crippen LogP contribution is -2.48. The molecular weight excluding hydrogens is 368 g/mol. The average Bonchev–Trinajstić information content (AvgIpc) is 3.34. The molecule has 0 spiro atoms. The standard InChI is InChI=1S/C23H26N2O2S/c26-20(19-5-4-17-2-1-3-18(17)9-19)13-28-22-25-24-21(27-22)23-10-14-6-15(11-23)8-16(7-14)12-23/h4-5,9,14-16H,1-3,6-8,10-13H2. The number of benzene rings is 1. The fourth-order valence-electron chi connectivity index (χ4n) is 6.81. The Balaban J connectivity index is 1.15. The largest absolute Gasteiger partial charge is 0.415 e. The molecule has 5 aliphatic rings. The van der Waals surface area contributed by atoms with E-state index in [2.05, 4.69) is 22.3 Å². The van der Waals surface area contributed by atoms with E-state index in [1.165, 1.54) is 67.8 Å². The topological polar surface area (TPSA) is 56.0 Å². The van der Waals surface area contributed by atoms with Gasteiger partial charge in [0.25, 0.3) is 5.22 Å². The summed E-state index contributed by atoms with van der Waals surface area (Å²) in [6, 6.07) is 6.18. The number of aryl methyl sites for hydroxylation is 2. The molecule has 0 atom stereocenters. The van der Waals surface area contributed by atoms with Gasteiger partial charge in [-0.25, -0.2) is 0 Å². The van der Waals surface area contributed by atoms with Crippen molar-refractivity contribution in [2.24, 2.45) is 17.8 Å². The van der Waals surface area contributed by atoms with E-state index in [1.54, 1.807) is 0 Å². The first kappa shape index (κ1) is 17.3. The molecular formula is C23H26N2O2S. The first-order valence-electron chi connectivity index (χ1n) is 10.8. The van der Waals surface area contributed by atoms with Gasteiger partial charge in [0.15, 0.2) is 5.78 Å². The van der Waals surface area contributed by atoms with Crippen LogP contribution in [-0.4, -0.2) is 21.7 Å². The van der Waals surface area contributed by atoms with Crippen molar-refractivity contribution in [1.29, 1.82) is 0 Å². The molecule has 146 valence electrons. The van der Waals surface area contributed by atoms with Gasteiger partial charge in [0.05, 0.1) is 5.75 Å². The highest BCUT2D eigenvalue weighted by Crippen LogP contribution is 2.60. The first-order valence-corrected chi connectivity index (χ1v) is 11.8. The fraction of sp³-hybridized carbons (Fsp3) is 0.609. The van der Waals surface area contributed by atoms with Crippen LogP contribution in [0.15, 0.2) is 27.8 Å². The molecule has 0 aliphatic heterocycles. The van der Waals surface area contributed by atoms with Crippen LogP contribution in [0, 0.1) is 17.8 Å². The van der Waals surface area contributed by atoms with Gasteiger partial charge in [-0.15, -0.1) is 10.2 Å². The number of carbonyl (C=O) groups is 1. The van der Waals surface area contributed by atoms with Crippen molar-refractivity contribution in [2.75, 3.05) is 5.75 Å². The second-order valence-electron chi connectivity index (χ2n) is 9.62. The van der Waals surface area contributed by atoms with Gasteiger partial charge in [0, 0.05) is 11.0 Å². The van der Waals surface area contributed by atoms with Crippen molar-refractivity contribution in [1.82, 2.24) is 10.2 Å². The number of carbonyl (C=O) groups excluding carboxylic acids is 1. The van der Waals surface area contributed by atoms with Crippen molar-refractivity contribution in [3.8, 4) is 0 Å². The molecule has 0 N–H and O–H groups in total. The molecule has 5 heteroatoms. The van der Waals surface area contributed by atoms with Gasteiger partial charge >= 0.3 is 0 Å². The predicted octanol–water partition coefficient (Wildman–Crippen LogP) is 5.00. The second kappa shape index (κ2) is 6.45.